The Morgan fingerprint density at radius 2 is 1.88 bits per heavy atom. The predicted octanol–water partition coefficient (Wildman–Crippen LogP) is 5.13. The number of halogens is 2. The van der Waals surface area contributed by atoms with Crippen molar-refractivity contribution in [2.75, 3.05) is 11.9 Å². The van der Waals surface area contributed by atoms with E-state index >= 15 is 0 Å². The molecule has 0 radical (unpaired) electrons. The molecule has 1 aromatic carbocycles. The maximum absolute atomic E-state index is 5.79. The Balaban J connectivity index is 2.58. The van der Waals surface area contributed by atoms with E-state index < -0.39 is 0 Å². The molecule has 1 aromatic rings. The highest BCUT2D eigenvalue weighted by Gasteiger charge is 2.15. The van der Waals surface area contributed by atoms with Crippen molar-refractivity contribution in [3.05, 3.63) is 34.3 Å². The first-order valence-corrected chi connectivity index (χ1v) is 7.80. The molecule has 0 aliphatic rings. The van der Waals surface area contributed by atoms with Gasteiger partial charge in [0.2, 0.25) is 0 Å². The van der Waals surface area contributed by atoms with E-state index in [2.05, 4.69) is 70.8 Å². The summed E-state index contributed by atoms with van der Waals surface area (Å²) in [6.45, 7) is 7.07. The third kappa shape index (κ3) is 5.54. The van der Waals surface area contributed by atoms with Gasteiger partial charge >= 0.3 is 0 Å². The highest BCUT2D eigenvalue weighted by Crippen LogP contribution is 2.29. The number of alkyl halides is 1. The molecule has 0 N–H and O–H groups in total. The van der Waals surface area contributed by atoms with Gasteiger partial charge in [-0.1, -0.05) is 50.1 Å². The minimum Gasteiger partial charge on any atom is -0.376 e. The fourth-order valence-corrected chi connectivity index (χ4v) is 2.91. The summed E-state index contributed by atoms with van der Waals surface area (Å²) in [5.41, 5.74) is 1.30. The number of ether oxygens (including phenoxy) is 1. The lowest BCUT2D eigenvalue weighted by Crippen LogP contribution is -2.21. The third-order valence-electron chi connectivity index (χ3n) is 2.53. The molecule has 1 unspecified atom stereocenters. The van der Waals surface area contributed by atoms with E-state index in [0.717, 1.165) is 18.4 Å². The lowest BCUT2D eigenvalue weighted by atomic mass is 9.98. The van der Waals surface area contributed by atoms with Gasteiger partial charge in [0.05, 0.1) is 5.60 Å². The fraction of sp³-hybridized carbons (Fsp3) is 0.571. The molecule has 3 heteroatoms. The molecule has 0 aliphatic carbocycles. The number of benzene rings is 1. The van der Waals surface area contributed by atoms with Crippen LogP contribution in [0.3, 0.4) is 0 Å². The van der Waals surface area contributed by atoms with Gasteiger partial charge in [-0.15, -0.1) is 0 Å². The SMILES string of the molecule is CC(C)(C)OCCC(CBr)c1ccccc1Br. The van der Waals surface area contributed by atoms with Crippen LogP contribution < -0.4 is 0 Å². The van der Waals surface area contributed by atoms with Crippen molar-refractivity contribution in [3.63, 3.8) is 0 Å². The van der Waals surface area contributed by atoms with Gasteiger partial charge in [-0.05, 0) is 44.7 Å². The zero-order chi connectivity index (χ0) is 12.9. The number of rotatable bonds is 5. The van der Waals surface area contributed by atoms with Gasteiger partial charge in [0.15, 0.2) is 0 Å². The Bertz CT molecular complexity index is 344. The summed E-state index contributed by atoms with van der Waals surface area (Å²) in [6, 6.07) is 8.40. The Kier molecular flexibility index (Phi) is 6.18. The van der Waals surface area contributed by atoms with Crippen LogP contribution in [0.1, 0.15) is 38.7 Å². The summed E-state index contributed by atoms with van der Waals surface area (Å²) in [5, 5.41) is 0.961. The molecular formula is C14H20Br2O. The van der Waals surface area contributed by atoms with Crippen molar-refractivity contribution in [3.8, 4) is 0 Å². The van der Waals surface area contributed by atoms with Crippen LogP contribution in [0.2, 0.25) is 0 Å². The zero-order valence-corrected chi connectivity index (χ0v) is 13.8. The molecule has 0 bridgehead atoms. The van der Waals surface area contributed by atoms with Crippen LogP contribution in [0.25, 0.3) is 0 Å². The summed E-state index contributed by atoms with van der Waals surface area (Å²) < 4.78 is 6.97. The van der Waals surface area contributed by atoms with Gasteiger partial charge in [0.25, 0.3) is 0 Å². The lowest BCUT2D eigenvalue weighted by molar-refractivity contribution is -0.00560. The number of hydrogen-bond donors (Lipinski definition) is 0. The van der Waals surface area contributed by atoms with Crippen molar-refractivity contribution in [1.29, 1.82) is 0 Å². The van der Waals surface area contributed by atoms with E-state index in [1.54, 1.807) is 0 Å². The topological polar surface area (TPSA) is 9.23 Å². The third-order valence-corrected chi connectivity index (χ3v) is 4.04. The zero-order valence-electron chi connectivity index (χ0n) is 10.7. The summed E-state index contributed by atoms with van der Waals surface area (Å²) >= 11 is 7.20. The molecule has 0 saturated heterocycles. The van der Waals surface area contributed by atoms with E-state index in [9.17, 15) is 0 Å². The molecule has 17 heavy (non-hydrogen) atoms. The summed E-state index contributed by atoms with van der Waals surface area (Å²) in [7, 11) is 0. The van der Waals surface area contributed by atoms with Crippen molar-refractivity contribution >= 4 is 31.9 Å². The first-order valence-electron chi connectivity index (χ1n) is 5.88. The van der Waals surface area contributed by atoms with Gasteiger partial charge in [0.1, 0.15) is 0 Å². The molecule has 0 saturated carbocycles. The fourth-order valence-electron chi connectivity index (χ4n) is 1.63. The van der Waals surface area contributed by atoms with Crippen LogP contribution in [0.15, 0.2) is 28.7 Å². The Hall–Kier alpha value is 0.140. The minimum absolute atomic E-state index is 0.0508. The van der Waals surface area contributed by atoms with Gasteiger partial charge in [-0.3, -0.25) is 0 Å². The Labute approximate surface area is 121 Å². The molecule has 96 valence electrons. The van der Waals surface area contributed by atoms with E-state index in [-0.39, 0.29) is 5.60 Å². The van der Waals surface area contributed by atoms with Crippen LogP contribution in [0, 0.1) is 0 Å². The van der Waals surface area contributed by atoms with Crippen LogP contribution in [0.4, 0.5) is 0 Å². The molecule has 1 nitrogen and oxygen atoms in total. The van der Waals surface area contributed by atoms with Crippen molar-refractivity contribution in [2.24, 2.45) is 0 Å². The van der Waals surface area contributed by atoms with Crippen LogP contribution >= 0.6 is 31.9 Å². The average molecular weight is 364 g/mol. The molecule has 0 aromatic heterocycles. The maximum Gasteiger partial charge on any atom is 0.0598 e. The summed E-state index contributed by atoms with van der Waals surface area (Å²) in [5.74, 6) is 0.493. The van der Waals surface area contributed by atoms with E-state index in [0.29, 0.717) is 5.92 Å². The molecule has 0 heterocycles. The van der Waals surface area contributed by atoms with Crippen LogP contribution in [-0.2, 0) is 4.74 Å². The van der Waals surface area contributed by atoms with E-state index in [4.69, 9.17) is 4.74 Å². The molecular weight excluding hydrogens is 344 g/mol. The van der Waals surface area contributed by atoms with Gasteiger partial charge in [-0.25, -0.2) is 0 Å². The van der Waals surface area contributed by atoms with Crippen LogP contribution in [-0.4, -0.2) is 17.5 Å². The molecule has 0 amide bonds. The Morgan fingerprint density at radius 3 is 2.41 bits per heavy atom. The second kappa shape index (κ2) is 6.91. The van der Waals surface area contributed by atoms with Gasteiger partial charge < -0.3 is 4.74 Å². The maximum atomic E-state index is 5.79. The highest BCUT2D eigenvalue weighted by molar-refractivity contribution is 9.10. The van der Waals surface area contributed by atoms with Crippen molar-refractivity contribution in [1.82, 2.24) is 0 Å². The predicted molar refractivity (Wildman–Crippen MR) is 81.0 cm³/mol. The molecule has 0 fully saturated rings. The minimum atomic E-state index is -0.0508. The molecule has 1 rings (SSSR count). The van der Waals surface area contributed by atoms with Gasteiger partial charge in [-0.2, -0.15) is 0 Å². The monoisotopic (exact) mass is 362 g/mol. The molecule has 0 spiro atoms. The van der Waals surface area contributed by atoms with Crippen LogP contribution in [0.5, 0.6) is 0 Å². The molecule has 0 aliphatic heterocycles. The summed E-state index contributed by atoms with van der Waals surface area (Å²) in [4.78, 5) is 0. The number of hydrogen-bond acceptors (Lipinski definition) is 1. The first kappa shape index (κ1) is 15.2. The average Bonchev–Trinajstić information content (AvgIpc) is 2.24. The van der Waals surface area contributed by atoms with Crippen molar-refractivity contribution in [2.45, 2.75) is 38.7 Å². The second-order valence-corrected chi connectivity index (χ2v) is 6.62. The summed E-state index contributed by atoms with van der Waals surface area (Å²) in [6.07, 6.45) is 1.03. The Morgan fingerprint density at radius 1 is 1.24 bits per heavy atom. The quantitative estimate of drug-likeness (QED) is 0.658. The lowest BCUT2D eigenvalue weighted by Gasteiger charge is -2.22. The molecule has 1 atom stereocenters. The smallest absolute Gasteiger partial charge is 0.0598 e. The van der Waals surface area contributed by atoms with E-state index in [1.165, 1.54) is 10.0 Å². The normalized spacial score (nSPS) is 13.7. The first-order chi connectivity index (χ1) is 7.94. The van der Waals surface area contributed by atoms with Crippen molar-refractivity contribution < 1.29 is 4.74 Å². The standard InChI is InChI=1S/C14H20Br2O/c1-14(2,3)17-9-8-11(10-15)12-6-4-5-7-13(12)16/h4-7,11H,8-10H2,1-3H3. The largest absolute Gasteiger partial charge is 0.376 e. The van der Waals surface area contributed by atoms with E-state index in [1.807, 2.05) is 6.07 Å². The van der Waals surface area contributed by atoms with Gasteiger partial charge in [0, 0.05) is 16.4 Å². The highest BCUT2D eigenvalue weighted by atomic mass is 79.9. The second-order valence-electron chi connectivity index (χ2n) is 5.12.